The van der Waals surface area contributed by atoms with Gasteiger partial charge in [-0.1, -0.05) is 26.8 Å². The van der Waals surface area contributed by atoms with Gasteiger partial charge in [0.1, 0.15) is 6.04 Å². The van der Waals surface area contributed by atoms with E-state index in [1.54, 1.807) is 29.3 Å². The predicted molar refractivity (Wildman–Crippen MR) is 143 cm³/mol. The quantitative estimate of drug-likeness (QED) is 0.523. The van der Waals surface area contributed by atoms with Crippen LogP contribution < -0.4 is 10.6 Å². The minimum absolute atomic E-state index is 0.0687. The fourth-order valence-corrected chi connectivity index (χ4v) is 5.21. The number of aromatic nitrogens is 2. The van der Waals surface area contributed by atoms with Crippen LogP contribution in [0.3, 0.4) is 0 Å². The van der Waals surface area contributed by atoms with Crippen molar-refractivity contribution in [3.8, 4) is 0 Å². The summed E-state index contributed by atoms with van der Waals surface area (Å²) in [5, 5.41) is 9.97. The standard InChI is InChI=1S/C28H34N6O6/c1-28(2,3)16-40-27(39)32-11-9-18(10-12-32)33-15-17(14-30-33)13-29-20-6-4-5-19-23(20)26(38)34(25(19)37)21-7-8-22(35)31-24(21)36/h4-6,14-15,18,21,29H,7-13,16H2,1-3H3,(H,31,35,36). The van der Waals surface area contributed by atoms with Crippen LogP contribution in [0.4, 0.5) is 10.5 Å². The number of hydrogen-bond donors (Lipinski definition) is 2. The van der Waals surface area contributed by atoms with Gasteiger partial charge in [0, 0.05) is 43.5 Å². The van der Waals surface area contributed by atoms with Crippen molar-refractivity contribution in [3.05, 3.63) is 47.3 Å². The number of carbonyl (C=O) groups is 5. The van der Waals surface area contributed by atoms with Crippen LogP contribution in [-0.4, -0.2) is 75.0 Å². The van der Waals surface area contributed by atoms with Crippen molar-refractivity contribution in [3.63, 3.8) is 0 Å². The zero-order chi connectivity index (χ0) is 28.6. The first-order chi connectivity index (χ1) is 19.0. The van der Waals surface area contributed by atoms with Gasteiger partial charge in [-0.05, 0) is 36.8 Å². The van der Waals surface area contributed by atoms with Crippen molar-refractivity contribution in [2.75, 3.05) is 25.0 Å². The zero-order valence-corrected chi connectivity index (χ0v) is 22.9. The zero-order valence-electron chi connectivity index (χ0n) is 22.9. The van der Waals surface area contributed by atoms with Crippen LogP contribution in [0.5, 0.6) is 0 Å². The Kier molecular flexibility index (Phi) is 7.35. The lowest BCUT2D eigenvalue weighted by molar-refractivity contribution is -0.136. The molecule has 2 saturated heterocycles. The number of anilines is 1. The summed E-state index contributed by atoms with van der Waals surface area (Å²) in [7, 11) is 0. The number of nitrogens with one attached hydrogen (secondary N) is 2. The molecule has 12 heteroatoms. The second-order valence-electron chi connectivity index (χ2n) is 11.7. The summed E-state index contributed by atoms with van der Waals surface area (Å²) in [5.41, 5.74) is 1.74. The lowest BCUT2D eigenvalue weighted by Crippen LogP contribution is -2.54. The summed E-state index contributed by atoms with van der Waals surface area (Å²) in [6.07, 6.45) is 5.11. The van der Waals surface area contributed by atoms with Gasteiger partial charge in [-0.15, -0.1) is 0 Å². The second-order valence-corrected chi connectivity index (χ2v) is 11.7. The molecule has 1 atom stereocenters. The van der Waals surface area contributed by atoms with E-state index in [0.29, 0.717) is 31.9 Å². The predicted octanol–water partition coefficient (Wildman–Crippen LogP) is 2.72. The molecule has 0 bridgehead atoms. The van der Waals surface area contributed by atoms with Gasteiger partial charge in [-0.25, -0.2) is 4.79 Å². The van der Waals surface area contributed by atoms with Gasteiger partial charge in [0.2, 0.25) is 11.8 Å². The molecule has 1 aromatic heterocycles. The van der Waals surface area contributed by atoms with Gasteiger partial charge in [-0.2, -0.15) is 5.10 Å². The Hall–Kier alpha value is -4.22. The minimum Gasteiger partial charge on any atom is -0.449 e. The fourth-order valence-electron chi connectivity index (χ4n) is 5.21. The van der Waals surface area contributed by atoms with E-state index in [1.807, 2.05) is 31.6 Å². The number of imide groups is 2. The van der Waals surface area contributed by atoms with E-state index in [-0.39, 0.29) is 41.5 Å². The van der Waals surface area contributed by atoms with Crippen LogP contribution in [0.15, 0.2) is 30.6 Å². The van der Waals surface area contributed by atoms with Crippen molar-refractivity contribution in [1.82, 2.24) is 24.9 Å². The van der Waals surface area contributed by atoms with E-state index in [0.717, 1.165) is 23.3 Å². The third kappa shape index (κ3) is 5.56. The Balaban J connectivity index is 1.19. The highest BCUT2D eigenvalue weighted by molar-refractivity contribution is 6.25. The van der Waals surface area contributed by atoms with Crippen LogP contribution in [0.1, 0.15) is 78.8 Å². The number of hydrogen-bond acceptors (Lipinski definition) is 8. The molecule has 2 aromatic rings. The first-order valence-electron chi connectivity index (χ1n) is 13.5. The van der Waals surface area contributed by atoms with Gasteiger partial charge < -0.3 is 15.0 Å². The number of fused-ring (bicyclic) bond motifs is 1. The van der Waals surface area contributed by atoms with Crippen LogP contribution in [0.2, 0.25) is 0 Å². The van der Waals surface area contributed by atoms with Gasteiger partial charge in [-0.3, -0.25) is 34.1 Å². The average molecular weight is 551 g/mol. The lowest BCUT2D eigenvalue weighted by atomic mass is 9.99. The molecule has 2 N–H and O–H groups in total. The summed E-state index contributed by atoms with van der Waals surface area (Å²) >= 11 is 0. The Morgan fingerprint density at radius 1 is 1.10 bits per heavy atom. The lowest BCUT2D eigenvalue weighted by Gasteiger charge is -2.32. The van der Waals surface area contributed by atoms with Crippen molar-refractivity contribution in [2.45, 2.75) is 65.1 Å². The summed E-state index contributed by atoms with van der Waals surface area (Å²) in [6, 6.07) is 4.11. The monoisotopic (exact) mass is 550 g/mol. The molecule has 212 valence electrons. The largest absolute Gasteiger partial charge is 0.449 e. The highest BCUT2D eigenvalue weighted by Gasteiger charge is 2.45. The molecule has 5 amide bonds. The van der Waals surface area contributed by atoms with Gasteiger partial charge in [0.05, 0.1) is 30.0 Å². The third-order valence-corrected chi connectivity index (χ3v) is 7.33. The normalized spacial score (nSPS) is 20.0. The Bertz CT molecular complexity index is 1350. The molecule has 12 nitrogen and oxygen atoms in total. The molecular formula is C28H34N6O6. The summed E-state index contributed by atoms with van der Waals surface area (Å²) in [5.74, 6) is -2.15. The highest BCUT2D eigenvalue weighted by Crippen LogP contribution is 2.33. The molecule has 2 fully saturated rings. The highest BCUT2D eigenvalue weighted by atomic mass is 16.6. The van der Waals surface area contributed by atoms with E-state index >= 15 is 0 Å². The van der Waals surface area contributed by atoms with E-state index < -0.39 is 29.7 Å². The number of piperidine rings is 2. The van der Waals surface area contributed by atoms with E-state index in [9.17, 15) is 24.0 Å². The van der Waals surface area contributed by atoms with Crippen molar-refractivity contribution in [2.24, 2.45) is 5.41 Å². The molecule has 40 heavy (non-hydrogen) atoms. The second kappa shape index (κ2) is 10.7. The summed E-state index contributed by atoms with van der Waals surface area (Å²) < 4.78 is 7.34. The molecule has 5 rings (SSSR count). The fraction of sp³-hybridized carbons (Fsp3) is 0.500. The van der Waals surface area contributed by atoms with Crippen molar-refractivity contribution >= 4 is 35.4 Å². The molecule has 0 aliphatic carbocycles. The van der Waals surface area contributed by atoms with Gasteiger partial charge in [0.25, 0.3) is 11.8 Å². The van der Waals surface area contributed by atoms with E-state index in [1.165, 1.54) is 0 Å². The molecule has 0 spiro atoms. The van der Waals surface area contributed by atoms with Crippen LogP contribution in [-0.2, 0) is 20.9 Å². The van der Waals surface area contributed by atoms with Crippen LogP contribution in [0.25, 0.3) is 0 Å². The molecule has 1 unspecified atom stereocenters. The number of ether oxygens (including phenoxy) is 1. The number of benzene rings is 1. The van der Waals surface area contributed by atoms with Crippen LogP contribution >= 0.6 is 0 Å². The van der Waals surface area contributed by atoms with Gasteiger partial charge in [0.15, 0.2) is 0 Å². The molecular weight excluding hydrogens is 516 g/mol. The van der Waals surface area contributed by atoms with E-state index in [4.69, 9.17) is 4.74 Å². The molecule has 3 aliphatic rings. The molecule has 4 heterocycles. The number of likely N-dealkylation sites (tertiary alicyclic amines) is 1. The molecule has 0 radical (unpaired) electrons. The first kappa shape index (κ1) is 27.4. The molecule has 1 aromatic carbocycles. The van der Waals surface area contributed by atoms with Crippen LogP contribution in [0, 0.1) is 5.41 Å². The van der Waals surface area contributed by atoms with Gasteiger partial charge >= 0.3 is 6.09 Å². The average Bonchev–Trinajstić information content (AvgIpc) is 3.49. The van der Waals surface area contributed by atoms with Crippen molar-refractivity contribution < 1.29 is 28.7 Å². The van der Waals surface area contributed by atoms with E-state index in [2.05, 4.69) is 15.7 Å². The Morgan fingerprint density at radius 2 is 1.85 bits per heavy atom. The number of nitrogens with zero attached hydrogens (tertiary/aromatic N) is 4. The summed E-state index contributed by atoms with van der Waals surface area (Å²) in [6.45, 7) is 8.00. The maximum Gasteiger partial charge on any atom is 0.409 e. The maximum atomic E-state index is 13.3. The number of carbonyl (C=O) groups excluding carboxylic acids is 5. The SMILES string of the molecule is CC(C)(C)COC(=O)N1CCC(n2cc(CNc3cccc4c3C(=O)N(C3CCC(=O)NC3=O)C4=O)cn2)CC1. The number of amides is 5. The first-order valence-corrected chi connectivity index (χ1v) is 13.5. The van der Waals surface area contributed by atoms with Crippen molar-refractivity contribution in [1.29, 1.82) is 0 Å². The number of rotatable bonds is 6. The smallest absolute Gasteiger partial charge is 0.409 e. The molecule has 3 aliphatic heterocycles. The third-order valence-electron chi connectivity index (χ3n) is 7.33. The Morgan fingerprint density at radius 3 is 2.55 bits per heavy atom. The Labute approximate surface area is 232 Å². The summed E-state index contributed by atoms with van der Waals surface area (Å²) in [4.78, 5) is 65.3. The molecule has 0 saturated carbocycles. The maximum absolute atomic E-state index is 13.3. The topological polar surface area (TPSA) is 143 Å². The minimum atomic E-state index is -1.01.